The molecule has 2 fully saturated rings. The zero-order valence-electron chi connectivity index (χ0n) is 9.41. The molecule has 88 valence electrons. The fourth-order valence-electron chi connectivity index (χ4n) is 2.46. The van der Waals surface area contributed by atoms with Crippen LogP contribution in [0.5, 0.6) is 0 Å². The zero-order valence-corrected chi connectivity index (χ0v) is 10.2. The molecule has 1 N–H and O–H groups in total. The Morgan fingerprint density at radius 1 is 1.33 bits per heavy atom. The van der Waals surface area contributed by atoms with E-state index in [2.05, 4.69) is 10.2 Å². The highest BCUT2D eigenvalue weighted by Crippen LogP contribution is 2.14. The van der Waals surface area contributed by atoms with Crippen LogP contribution in [0.15, 0.2) is 0 Å². The maximum atomic E-state index is 11.2. The highest BCUT2D eigenvalue weighted by atomic mass is 32.2. The first kappa shape index (κ1) is 11.6. The Hall–Kier alpha value is 0.0700. The minimum absolute atomic E-state index is 0.520. The lowest BCUT2D eigenvalue weighted by atomic mass is 10.0. The second-order valence-corrected chi connectivity index (χ2v) is 6.39. The van der Waals surface area contributed by atoms with Crippen LogP contribution in [0.4, 0.5) is 0 Å². The summed E-state index contributed by atoms with van der Waals surface area (Å²) in [5, 5.41) is 3.41. The van der Waals surface area contributed by atoms with Gasteiger partial charge in [0.05, 0.1) is 0 Å². The molecule has 0 amide bonds. The van der Waals surface area contributed by atoms with Crippen molar-refractivity contribution < 1.29 is 4.21 Å². The molecule has 0 aromatic carbocycles. The van der Waals surface area contributed by atoms with Gasteiger partial charge in [0.15, 0.2) is 0 Å². The van der Waals surface area contributed by atoms with Crippen LogP contribution in [0.1, 0.15) is 19.3 Å². The number of nitrogens with one attached hydrogen (secondary N) is 1. The van der Waals surface area contributed by atoms with Crippen LogP contribution in [0, 0.1) is 5.92 Å². The summed E-state index contributed by atoms with van der Waals surface area (Å²) in [6.45, 7) is 5.76. The highest BCUT2D eigenvalue weighted by molar-refractivity contribution is 7.85. The molecule has 0 aromatic heterocycles. The second-order valence-electron chi connectivity index (χ2n) is 4.69. The average Bonchev–Trinajstić information content (AvgIpc) is 2.74. The highest BCUT2D eigenvalue weighted by Gasteiger charge is 2.17. The maximum Gasteiger partial charge on any atom is 0.0363 e. The summed E-state index contributed by atoms with van der Waals surface area (Å²) < 4.78 is 11.2. The zero-order chi connectivity index (χ0) is 10.5. The molecular formula is C11H22N2OS. The molecule has 15 heavy (non-hydrogen) atoms. The molecule has 0 aromatic rings. The fourth-order valence-corrected chi connectivity index (χ4v) is 3.59. The summed E-state index contributed by atoms with van der Waals surface area (Å²) in [5.41, 5.74) is 0. The lowest BCUT2D eigenvalue weighted by Crippen LogP contribution is -2.38. The molecule has 2 aliphatic rings. The smallest absolute Gasteiger partial charge is 0.0363 e. The molecule has 1 unspecified atom stereocenters. The van der Waals surface area contributed by atoms with E-state index < -0.39 is 10.8 Å². The van der Waals surface area contributed by atoms with E-state index in [1.54, 1.807) is 0 Å². The molecule has 0 radical (unpaired) electrons. The van der Waals surface area contributed by atoms with Crippen LogP contribution in [0.2, 0.25) is 0 Å². The van der Waals surface area contributed by atoms with Gasteiger partial charge in [-0.1, -0.05) is 0 Å². The van der Waals surface area contributed by atoms with Crippen molar-refractivity contribution in [2.75, 3.05) is 44.2 Å². The number of hydrogen-bond acceptors (Lipinski definition) is 3. The minimum atomic E-state index is -0.520. The first-order chi connectivity index (χ1) is 7.34. The van der Waals surface area contributed by atoms with Gasteiger partial charge < -0.3 is 10.2 Å². The third-order valence-electron chi connectivity index (χ3n) is 3.52. The molecule has 1 atom stereocenters. The van der Waals surface area contributed by atoms with Crippen molar-refractivity contribution in [2.24, 2.45) is 5.92 Å². The van der Waals surface area contributed by atoms with Gasteiger partial charge in [0.2, 0.25) is 0 Å². The standard InChI is InChI=1S/C11H22N2OS/c14-15-8-6-13(7-9-15)5-1-2-11-3-4-12-10-11/h11-12H,1-10H2. The normalized spacial score (nSPS) is 29.7. The third-order valence-corrected chi connectivity index (χ3v) is 4.80. The fraction of sp³-hybridized carbons (Fsp3) is 1.00. The van der Waals surface area contributed by atoms with Gasteiger partial charge in [0.1, 0.15) is 0 Å². The molecule has 0 spiro atoms. The number of rotatable bonds is 4. The van der Waals surface area contributed by atoms with E-state index >= 15 is 0 Å². The Kier molecular flexibility index (Phi) is 4.60. The summed E-state index contributed by atoms with van der Waals surface area (Å²) in [7, 11) is -0.520. The van der Waals surface area contributed by atoms with Gasteiger partial charge >= 0.3 is 0 Å². The molecule has 0 bridgehead atoms. The monoisotopic (exact) mass is 230 g/mol. The Morgan fingerprint density at radius 2 is 2.13 bits per heavy atom. The lowest BCUT2D eigenvalue weighted by Gasteiger charge is -2.26. The van der Waals surface area contributed by atoms with Crippen molar-refractivity contribution in [3.63, 3.8) is 0 Å². The summed E-state index contributed by atoms with van der Waals surface area (Å²) in [6.07, 6.45) is 4.05. The van der Waals surface area contributed by atoms with E-state index in [-0.39, 0.29) is 0 Å². The molecule has 2 heterocycles. The third kappa shape index (κ3) is 3.85. The minimum Gasteiger partial charge on any atom is -0.316 e. The molecule has 2 saturated heterocycles. The van der Waals surface area contributed by atoms with E-state index in [1.807, 2.05) is 0 Å². The second kappa shape index (κ2) is 5.97. The van der Waals surface area contributed by atoms with Gasteiger partial charge in [-0.15, -0.1) is 0 Å². The van der Waals surface area contributed by atoms with Crippen molar-refractivity contribution in [2.45, 2.75) is 19.3 Å². The lowest BCUT2D eigenvalue weighted by molar-refractivity contribution is 0.284. The molecule has 2 rings (SSSR count). The molecule has 4 heteroatoms. The molecule has 0 aliphatic carbocycles. The summed E-state index contributed by atoms with van der Waals surface area (Å²) in [5.74, 6) is 2.71. The quantitative estimate of drug-likeness (QED) is 0.761. The number of nitrogens with zero attached hydrogens (tertiary/aromatic N) is 1. The van der Waals surface area contributed by atoms with E-state index in [1.165, 1.54) is 38.9 Å². The van der Waals surface area contributed by atoms with E-state index in [4.69, 9.17) is 0 Å². The van der Waals surface area contributed by atoms with Gasteiger partial charge in [-0.2, -0.15) is 0 Å². The van der Waals surface area contributed by atoms with Crippen molar-refractivity contribution in [3.8, 4) is 0 Å². The van der Waals surface area contributed by atoms with Crippen LogP contribution in [-0.2, 0) is 10.8 Å². The summed E-state index contributed by atoms with van der Waals surface area (Å²) >= 11 is 0. The van der Waals surface area contributed by atoms with Gasteiger partial charge in [0, 0.05) is 35.4 Å². The predicted octanol–water partition coefficient (Wildman–Crippen LogP) is 0.440. The Morgan fingerprint density at radius 3 is 2.80 bits per heavy atom. The topological polar surface area (TPSA) is 32.3 Å². The molecule has 3 nitrogen and oxygen atoms in total. The largest absolute Gasteiger partial charge is 0.316 e. The average molecular weight is 230 g/mol. The van der Waals surface area contributed by atoms with Crippen molar-refractivity contribution in [1.29, 1.82) is 0 Å². The first-order valence-electron chi connectivity index (χ1n) is 6.12. The maximum absolute atomic E-state index is 11.2. The molecular weight excluding hydrogens is 208 g/mol. The van der Waals surface area contributed by atoms with Gasteiger partial charge in [-0.25, -0.2) is 0 Å². The van der Waals surface area contributed by atoms with Crippen molar-refractivity contribution >= 4 is 10.8 Å². The first-order valence-corrected chi connectivity index (χ1v) is 7.61. The molecule has 2 aliphatic heterocycles. The van der Waals surface area contributed by atoms with E-state index in [9.17, 15) is 4.21 Å². The van der Waals surface area contributed by atoms with Crippen LogP contribution in [-0.4, -0.2) is 53.3 Å². The van der Waals surface area contributed by atoms with Gasteiger partial charge in [-0.3, -0.25) is 4.21 Å². The van der Waals surface area contributed by atoms with Crippen molar-refractivity contribution in [1.82, 2.24) is 10.2 Å². The van der Waals surface area contributed by atoms with Crippen LogP contribution >= 0.6 is 0 Å². The molecule has 0 saturated carbocycles. The van der Waals surface area contributed by atoms with Gasteiger partial charge in [0.25, 0.3) is 0 Å². The van der Waals surface area contributed by atoms with Crippen LogP contribution < -0.4 is 5.32 Å². The van der Waals surface area contributed by atoms with E-state index in [0.717, 1.165) is 30.5 Å². The Bertz CT molecular complexity index is 207. The van der Waals surface area contributed by atoms with Crippen LogP contribution in [0.3, 0.4) is 0 Å². The predicted molar refractivity (Wildman–Crippen MR) is 64.5 cm³/mol. The summed E-state index contributed by atoms with van der Waals surface area (Å²) in [6, 6.07) is 0. The SMILES string of the molecule is O=S1CCN(CCCC2CCNC2)CC1. The van der Waals surface area contributed by atoms with E-state index in [0.29, 0.717) is 0 Å². The number of hydrogen-bond donors (Lipinski definition) is 1. The van der Waals surface area contributed by atoms with Crippen molar-refractivity contribution in [3.05, 3.63) is 0 Å². The Labute approximate surface area is 95.1 Å². The summed E-state index contributed by atoms with van der Waals surface area (Å²) in [4.78, 5) is 2.48. The van der Waals surface area contributed by atoms with Gasteiger partial charge in [-0.05, 0) is 44.8 Å². The van der Waals surface area contributed by atoms with Crippen LogP contribution in [0.25, 0.3) is 0 Å². The Balaban J connectivity index is 1.55.